The van der Waals surface area contributed by atoms with Crippen molar-refractivity contribution in [2.45, 2.75) is 19.8 Å². The first-order valence-corrected chi connectivity index (χ1v) is 8.25. The molecule has 0 radical (unpaired) electrons. The molecule has 1 aliphatic heterocycles. The van der Waals surface area contributed by atoms with E-state index < -0.39 is 0 Å². The molecule has 0 spiro atoms. The summed E-state index contributed by atoms with van der Waals surface area (Å²) in [5, 5.41) is 3.24. The molecule has 0 amide bonds. The SMILES string of the molecule is Cc1csc(C(C)CN=C(N)N2CCSCC2)n1.I. The molecule has 1 aliphatic rings. The Morgan fingerprint density at radius 1 is 1.53 bits per heavy atom. The third-order valence-electron chi connectivity index (χ3n) is 2.92. The minimum Gasteiger partial charge on any atom is -0.370 e. The lowest BCUT2D eigenvalue weighted by Crippen LogP contribution is -2.42. The number of nitrogens with zero attached hydrogens (tertiary/aromatic N) is 3. The van der Waals surface area contributed by atoms with Crippen LogP contribution in [0.4, 0.5) is 0 Å². The summed E-state index contributed by atoms with van der Waals surface area (Å²) in [6.07, 6.45) is 0. The van der Waals surface area contributed by atoms with E-state index in [9.17, 15) is 0 Å². The minimum atomic E-state index is 0. The van der Waals surface area contributed by atoms with Crippen molar-refractivity contribution in [2.75, 3.05) is 31.1 Å². The zero-order chi connectivity index (χ0) is 13.0. The molecular formula is C12H21IN4S2. The van der Waals surface area contributed by atoms with E-state index in [1.807, 2.05) is 18.7 Å². The second kappa shape index (κ2) is 8.31. The Balaban J connectivity index is 0.00000180. The fraction of sp³-hybridized carbons (Fsp3) is 0.667. The van der Waals surface area contributed by atoms with Crippen LogP contribution in [-0.4, -0.2) is 47.0 Å². The van der Waals surface area contributed by atoms with Gasteiger partial charge in [-0.15, -0.1) is 35.3 Å². The summed E-state index contributed by atoms with van der Waals surface area (Å²) in [4.78, 5) is 11.2. The van der Waals surface area contributed by atoms with Gasteiger partial charge in [0.2, 0.25) is 0 Å². The molecule has 1 atom stereocenters. The molecule has 1 fully saturated rings. The molecule has 2 N–H and O–H groups in total. The molecule has 2 heterocycles. The number of thiazole rings is 1. The average molecular weight is 412 g/mol. The van der Waals surface area contributed by atoms with E-state index in [1.165, 1.54) is 0 Å². The number of aryl methyl sites for hydroxylation is 1. The number of aliphatic imine (C=N–C) groups is 1. The topological polar surface area (TPSA) is 54.5 Å². The third-order valence-corrected chi connectivity index (χ3v) is 5.06. The molecule has 0 aromatic carbocycles. The van der Waals surface area contributed by atoms with Gasteiger partial charge in [0.05, 0.1) is 11.6 Å². The summed E-state index contributed by atoms with van der Waals surface area (Å²) in [6.45, 7) is 6.94. The quantitative estimate of drug-likeness (QED) is 0.471. The smallest absolute Gasteiger partial charge is 0.191 e. The predicted molar refractivity (Wildman–Crippen MR) is 96.1 cm³/mol. The van der Waals surface area contributed by atoms with Gasteiger partial charge < -0.3 is 10.6 Å². The fourth-order valence-electron chi connectivity index (χ4n) is 1.80. The summed E-state index contributed by atoms with van der Waals surface area (Å²) in [7, 11) is 0. The number of aromatic nitrogens is 1. The van der Waals surface area contributed by atoms with Gasteiger partial charge >= 0.3 is 0 Å². The van der Waals surface area contributed by atoms with Crippen molar-refractivity contribution in [3.63, 3.8) is 0 Å². The Kier molecular flexibility index (Phi) is 7.45. The highest BCUT2D eigenvalue weighted by Crippen LogP contribution is 2.20. The zero-order valence-corrected chi connectivity index (χ0v) is 15.3. The Labute approximate surface area is 140 Å². The van der Waals surface area contributed by atoms with E-state index in [4.69, 9.17) is 5.73 Å². The zero-order valence-electron chi connectivity index (χ0n) is 11.3. The molecule has 4 nitrogen and oxygen atoms in total. The van der Waals surface area contributed by atoms with E-state index in [2.05, 4.69) is 27.2 Å². The number of rotatable bonds is 3. The van der Waals surface area contributed by atoms with Crippen molar-refractivity contribution in [2.24, 2.45) is 10.7 Å². The predicted octanol–water partition coefficient (Wildman–Crippen LogP) is 2.54. The molecule has 0 saturated carbocycles. The highest BCUT2D eigenvalue weighted by Gasteiger charge is 2.13. The van der Waals surface area contributed by atoms with Gasteiger partial charge in [0.15, 0.2) is 5.96 Å². The summed E-state index contributed by atoms with van der Waals surface area (Å²) in [5.74, 6) is 3.34. The van der Waals surface area contributed by atoms with Crippen LogP contribution < -0.4 is 5.73 Å². The van der Waals surface area contributed by atoms with E-state index in [0.717, 1.165) is 41.8 Å². The maximum Gasteiger partial charge on any atom is 0.191 e. The molecule has 7 heteroatoms. The van der Waals surface area contributed by atoms with Gasteiger partial charge in [-0.05, 0) is 6.92 Å². The second-order valence-electron chi connectivity index (χ2n) is 4.53. The Morgan fingerprint density at radius 2 is 2.21 bits per heavy atom. The average Bonchev–Trinajstić information content (AvgIpc) is 2.83. The first kappa shape index (κ1) is 17.0. The normalized spacial score (nSPS) is 18.0. The lowest BCUT2D eigenvalue weighted by molar-refractivity contribution is 0.455. The van der Waals surface area contributed by atoms with Crippen LogP contribution in [0.25, 0.3) is 0 Å². The Morgan fingerprint density at radius 3 is 2.79 bits per heavy atom. The standard InChI is InChI=1S/C12H20N4S2.HI/c1-9(11-15-10(2)8-18-11)7-14-12(13)16-3-5-17-6-4-16;/h8-9H,3-7H2,1-2H3,(H2,13,14);1H. The van der Waals surface area contributed by atoms with Gasteiger partial charge in [-0.3, -0.25) is 4.99 Å². The Hall–Kier alpha value is -0.0200. The lowest BCUT2D eigenvalue weighted by Gasteiger charge is -2.27. The largest absolute Gasteiger partial charge is 0.370 e. The number of hydrogen-bond donors (Lipinski definition) is 1. The number of hydrogen-bond acceptors (Lipinski definition) is 4. The van der Waals surface area contributed by atoms with Gasteiger partial charge in [0.25, 0.3) is 0 Å². The van der Waals surface area contributed by atoms with Gasteiger partial charge in [-0.1, -0.05) is 6.92 Å². The van der Waals surface area contributed by atoms with E-state index in [-0.39, 0.29) is 24.0 Å². The first-order chi connectivity index (χ1) is 8.66. The number of guanidine groups is 1. The van der Waals surface area contributed by atoms with Crippen molar-refractivity contribution in [3.8, 4) is 0 Å². The summed E-state index contributed by atoms with van der Waals surface area (Å²) >= 11 is 3.69. The van der Waals surface area contributed by atoms with Gasteiger partial charge in [-0.25, -0.2) is 4.98 Å². The molecule has 2 rings (SSSR count). The molecular weight excluding hydrogens is 391 g/mol. The van der Waals surface area contributed by atoms with E-state index in [1.54, 1.807) is 11.3 Å². The highest BCUT2D eigenvalue weighted by molar-refractivity contribution is 14.0. The van der Waals surface area contributed by atoms with Crippen LogP contribution in [0.1, 0.15) is 23.5 Å². The Bertz CT molecular complexity index is 416. The van der Waals surface area contributed by atoms with Crippen LogP contribution in [0.15, 0.2) is 10.4 Å². The van der Waals surface area contributed by atoms with Crippen LogP contribution >= 0.6 is 47.1 Å². The van der Waals surface area contributed by atoms with E-state index >= 15 is 0 Å². The molecule has 0 aliphatic carbocycles. The van der Waals surface area contributed by atoms with Gasteiger partial charge in [0, 0.05) is 41.6 Å². The van der Waals surface area contributed by atoms with Crippen LogP contribution in [-0.2, 0) is 0 Å². The van der Waals surface area contributed by atoms with Crippen LogP contribution in [0, 0.1) is 6.92 Å². The molecule has 1 unspecified atom stereocenters. The molecule has 1 saturated heterocycles. The number of thioether (sulfide) groups is 1. The highest BCUT2D eigenvalue weighted by atomic mass is 127. The third kappa shape index (κ3) is 5.11. The van der Waals surface area contributed by atoms with E-state index in [0.29, 0.717) is 11.9 Å². The number of halogens is 1. The van der Waals surface area contributed by atoms with Crippen LogP contribution in [0.2, 0.25) is 0 Å². The summed E-state index contributed by atoms with van der Waals surface area (Å²) in [5.41, 5.74) is 7.12. The molecule has 108 valence electrons. The maximum absolute atomic E-state index is 6.03. The van der Waals surface area contributed by atoms with Crippen molar-refractivity contribution < 1.29 is 0 Å². The van der Waals surface area contributed by atoms with Crippen molar-refractivity contribution in [3.05, 3.63) is 16.1 Å². The summed E-state index contributed by atoms with van der Waals surface area (Å²) in [6, 6.07) is 0. The molecule has 1 aromatic heterocycles. The van der Waals surface area contributed by atoms with Gasteiger partial charge in [-0.2, -0.15) is 11.8 Å². The van der Waals surface area contributed by atoms with Crippen molar-refractivity contribution in [1.29, 1.82) is 0 Å². The first-order valence-electron chi connectivity index (χ1n) is 6.21. The van der Waals surface area contributed by atoms with Crippen molar-refractivity contribution in [1.82, 2.24) is 9.88 Å². The molecule has 0 bridgehead atoms. The lowest BCUT2D eigenvalue weighted by atomic mass is 10.2. The number of nitrogens with two attached hydrogens (primary N) is 1. The maximum atomic E-state index is 6.03. The van der Waals surface area contributed by atoms with Crippen molar-refractivity contribution >= 4 is 53.0 Å². The fourth-order valence-corrected chi connectivity index (χ4v) is 3.55. The second-order valence-corrected chi connectivity index (χ2v) is 6.64. The van der Waals surface area contributed by atoms with Gasteiger partial charge in [0.1, 0.15) is 0 Å². The minimum absolute atomic E-state index is 0. The van der Waals surface area contributed by atoms with Crippen LogP contribution in [0.3, 0.4) is 0 Å². The molecule has 19 heavy (non-hydrogen) atoms. The monoisotopic (exact) mass is 412 g/mol. The molecule has 1 aromatic rings. The summed E-state index contributed by atoms with van der Waals surface area (Å²) < 4.78 is 0. The van der Waals surface area contributed by atoms with Crippen LogP contribution in [0.5, 0.6) is 0 Å².